The standard InChI is InChI=1S/C16H14N4O4/c21-12(22)6-17-16(24)13-14(23)10-4-3-9(8-1-2-8)5-11(10)15-18-7-19-20(13)15/h3-5,7-8,23H,1-2,6H2,(H,17,24)(H,21,22). The smallest absolute Gasteiger partial charge is 0.322 e. The van der Waals surface area contributed by atoms with Gasteiger partial charge in [-0.25, -0.2) is 9.50 Å². The highest BCUT2D eigenvalue weighted by Gasteiger charge is 2.26. The van der Waals surface area contributed by atoms with Crippen molar-refractivity contribution >= 4 is 28.3 Å². The van der Waals surface area contributed by atoms with Gasteiger partial charge in [-0.2, -0.15) is 5.10 Å². The molecule has 0 atom stereocenters. The maximum atomic E-state index is 12.3. The molecule has 4 rings (SSSR count). The van der Waals surface area contributed by atoms with Crippen LogP contribution in [-0.2, 0) is 4.79 Å². The van der Waals surface area contributed by atoms with Gasteiger partial charge in [0.1, 0.15) is 12.9 Å². The first-order valence-corrected chi connectivity index (χ1v) is 7.54. The van der Waals surface area contributed by atoms with E-state index in [1.54, 1.807) is 6.07 Å². The number of hydrogen-bond donors (Lipinski definition) is 3. The first-order chi connectivity index (χ1) is 11.6. The van der Waals surface area contributed by atoms with Crippen molar-refractivity contribution in [3.05, 3.63) is 35.8 Å². The summed E-state index contributed by atoms with van der Waals surface area (Å²) in [6, 6.07) is 5.67. The molecule has 1 aliphatic rings. The molecule has 2 aromatic heterocycles. The largest absolute Gasteiger partial charge is 0.505 e. The molecular weight excluding hydrogens is 312 g/mol. The van der Waals surface area contributed by atoms with Crippen LogP contribution in [0, 0.1) is 0 Å². The number of carbonyl (C=O) groups is 2. The Bertz CT molecular complexity index is 991. The molecule has 0 unspecified atom stereocenters. The average molecular weight is 326 g/mol. The number of nitrogens with zero attached hydrogens (tertiary/aromatic N) is 3. The average Bonchev–Trinajstić information content (AvgIpc) is 3.30. The summed E-state index contributed by atoms with van der Waals surface area (Å²) in [5.74, 6) is -1.60. The first-order valence-electron chi connectivity index (χ1n) is 7.54. The topological polar surface area (TPSA) is 117 Å². The van der Waals surface area contributed by atoms with Crippen molar-refractivity contribution in [3.8, 4) is 5.75 Å². The van der Waals surface area contributed by atoms with E-state index in [0.29, 0.717) is 22.3 Å². The number of aromatic nitrogens is 3. The quantitative estimate of drug-likeness (QED) is 0.665. The molecule has 3 N–H and O–H groups in total. The van der Waals surface area contributed by atoms with Gasteiger partial charge in [0, 0.05) is 10.8 Å². The number of carboxylic acid groups (broad SMARTS) is 1. The van der Waals surface area contributed by atoms with Crippen LogP contribution in [0.4, 0.5) is 0 Å². The molecule has 0 aliphatic heterocycles. The normalized spacial score (nSPS) is 14.2. The maximum Gasteiger partial charge on any atom is 0.322 e. The predicted molar refractivity (Wildman–Crippen MR) is 84.1 cm³/mol. The number of aromatic hydroxyl groups is 1. The van der Waals surface area contributed by atoms with Crippen LogP contribution in [-0.4, -0.2) is 43.2 Å². The molecule has 1 amide bonds. The Labute approximate surface area is 135 Å². The lowest BCUT2D eigenvalue weighted by molar-refractivity contribution is -0.135. The summed E-state index contributed by atoms with van der Waals surface area (Å²) in [7, 11) is 0. The summed E-state index contributed by atoms with van der Waals surface area (Å²) in [5.41, 5.74) is 1.50. The fourth-order valence-electron chi connectivity index (χ4n) is 2.88. The minimum Gasteiger partial charge on any atom is -0.505 e. The fourth-order valence-corrected chi connectivity index (χ4v) is 2.88. The van der Waals surface area contributed by atoms with Crippen molar-refractivity contribution in [2.45, 2.75) is 18.8 Å². The Balaban J connectivity index is 1.91. The van der Waals surface area contributed by atoms with Crippen LogP contribution < -0.4 is 5.32 Å². The highest BCUT2D eigenvalue weighted by Crippen LogP contribution is 2.42. The molecular formula is C16H14N4O4. The zero-order chi connectivity index (χ0) is 16.8. The van der Waals surface area contributed by atoms with E-state index in [1.807, 2.05) is 12.1 Å². The summed E-state index contributed by atoms with van der Waals surface area (Å²) in [6.45, 7) is -0.548. The summed E-state index contributed by atoms with van der Waals surface area (Å²) >= 11 is 0. The predicted octanol–water partition coefficient (Wildman–Crippen LogP) is 1.28. The van der Waals surface area contributed by atoms with Gasteiger partial charge in [0.05, 0.1) is 0 Å². The number of aliphatic carboxylic acids is 1. The van der Waals surface area contributed by atoms with Gasteiger partial charge in [-0.1, -0.05) is 12.1 Å². The summed E-state index contributed by atoms with van der Waals surface area (Å²) in [6.07, 6.45) is 3.60. The van der Waals surface area contributed by atoms with Gasteiger partial charge in [0.15, 0.2) is 17.1 Å². The van der Waals surface area contributed by atoms with Gasteiger partial charge in [-0.3, -0.25) is 9.59 Å². The molecule has 24 heavy (non-hydrogen) atoms. The lowest BCUT2D eigenvalue weighted by Crippen LogP contribution is -2.31. The van der Waals surface area contributed by atoms with Crippen molar-refractivity contribution in [3.63, 3.8) is 0 Å². The summed E-state index contributed by atoms with van der Waals surface area (Å²) in [5, 5.41) is 26.7. The number of hydrogen-bond acceptors (Lipinski definition) is 5. The number of nitrogens with one attached hydrogen (secondary N) is 1. The Kier molecular flexibility index (Phi) is 3.12. The van der Waals surface area contributed by atoms with Gasteiger partial charge >= 0.3 is 5.97 Å². The maximum absolute atomic E-state index is 12.3. The number of rotatable bonds is 4. The zero-order valence-corrected chi connectivity index (χ0v) is 12.6. The molecule has 0 bridgehead atoms. The molecule has 0 spiro atoms. The van der Waals surface area contributed by atoms with E-state index in [-0.39, 0.29) is 11.4 Å². The number of carbonyl (C=O) groups excluding carboxylic acids is 1. The van der Waals surface area contributed by atoms with Crippen LogP contribution in [0.1, 0.15) is 34.8 Å². The third-order valence-corrected chi connectivity index (χ3v) is 4.19. The van der Waals surface area contributed by atoms with Gasteiger partial charge in [-0.15, -0.1) is 0 Å². The lowest BCUT2D eigenvalue weighted by atomic mass is 10.0. The Morgan fingerprint density at radius 2 is 2.08 bits per heavy atom. The SMILES string of the molecule is O=C(O)CNC(=O)c1c(O)c2ccc(C3CC3)cc2c2ncnn12. The van der Waals surface area contributed by atoms with Crippen molar-refractivity contribution in [1.82, 2.24) is 19.9 Å². The lowest BCUT2D eigenvalue weighted by Gasteiger charge is -2.11. The molecule has 3 aromatic rings. The van der Waals surface area contributed by atoms with E-state index in [9.17, 15) is 14.7 Å². The molecule has 1 saturated carbocycles. The van der Waals surface area contributed by atoms with Gasteiger partial charge in [-0.05, 0) is 30.4 Å². The fraction of sp³-hybridized carbons (Fsp3) is 0.250. The second-order valence-electron chi connectivity index (χ2n) is 5.85. The van der Waals surface area contributed by atoms with Crippen LogP contribution >= 0.6 is 0 Å². The molecule has 8 nitrogen and oxygen atoms in total. The number of benzene rings is 1. The van der Waals surface area contributed by atoms with Crippen LogP contribution in [0.3, 0.4) is 0 Å². The molecule has 0 saturated heterocycles. The van der Waals surface area contributed by atoms with Crippen LogP contribution in [0.15, 0.2) is 24.5 Å². The van der Waals surface area contributed by atoms with Crippen LogP contribution in [0.5, 0.6) is 5.75 Å². The third kappa shape index (κ3) is 2.23. The number of carboxylic acids is 1. The summed E-state index contributed by atoms with van der Waals surface area (Å²) in [4.78, 5) is 27.1. The zero-order valence-electron chi connectivity index (χ0n) is 12.6. The molecule has 0 radical (unpaired) electrons. The number of pyridine rings is 1. The molecule has 2 heterocycles. The molecule has 122 valence electrons. The van der Waals surface area contributed by atoms with Gasteiger partial charge in [0.2, 0.25) is 0 Å². The van der Waals surface area contributed by atoms with Crippen LogP contribution in [0.2, 0.25) is 0 Å². The molecule has 1 aliphatic carbocycles. The molecule has 1 fully saturated rings. The monoisotopic (exact) mass is 326 g/mol. The van der Waals surface area contributed by atoms with E-state index >= 15 is 0 Å². The number of amides is 1. The first kappa shape index (κ1) is 14.4. The number of fused-ring (bicyclic) bond motifs is 3. The minimum atomic E-state index is -1.17. The van der Waals surface area contributed by atoms with E-state index in [2.05, 4.69) is 15.4 Å². The molecule has 8 heteroatoms. The van der Waals surface area contributed by atoms with E-state index < -0.39 is 18.4 Å². The van der Waals surface area contributed by atoms with Gasteiger partial charge < -0.3 is 15.5 Å². The van der Waals surface area contributed by atoms with Crippen molar-refractivity contribution < 1.29 is 19.8 Å². The van der Waals surface area contributed by atoms with E-state index in [0.717, 1.165) is 12.8 Å². The van der Waals surface area contributed by atoms with Crippen LogP contribution in [0.25, 0.3) is 16.4 Å². The van der Waals surface area contributed by atoms with Crippen molar-refractivity contribution in [2.75, 3.05) is 6.54 Å². The van der Waals surface area contributed by atoms with E-state index in [4.69, 9.17) is 5.11 Å². The van der Waals surface area contributed by atoms with Gasteiger partial charge in [0.25, 0.3) is 5.91 Å². The van der Waals surface area contributed by atoms with Crippen molar-refractivity contribution in [2.24, 2.45) is 0 Å². The Morgan fingerprint density at radius 1 is 1.29 bits per heavy atom. The summed E-state index contributed by atoms with van der Waals surface area (Å²) < 4.78 is 1.24. The molecule has 1 aromatic carbocycles. The second kappa shape index (κ2) is 5.19. The second-order valence-corrected chi connectivity index (χ2v) is 5.85. The van der Waals surface area contributed by atoms with Crippen molar-refractivity contribution in [1.29, 1.82) is 0 Å². The third-order valence-electron chi connectivity index (χ3n) is 4.19. The van der Waals surface area contributed by atoms with E-state index in [1.165, 1.54) is 16.4 Å². The highest BCUT2D eigenvalue weighted by molar-refractivity contribution is 6.07. The highest BCUT2D eigenvalue weighted by atomic mass is 16.4. The minimum absolute atomic E-state index is 0.129. The Morgan fingerprint density at radius 3 is 2.79 bits per heavy atom. The Hall–Kier alpha value is -3.16.